The van der Waals surface area contributed by atoms with E-state index in [0.29, 0.717) is 6.29 Å². The fourth-order valence-electron chi connectivity index (χ4n) is 0.0830. The van der Waals surface area contributed by atoms with Gasteiger partial charge in [0.1, 0.15) is 6.29 Å². The number of hydrogen-bond acceptors (Lipinski definition) is 2. The van der Waals surface area contributed by atoms with E-state index in [1.165, 1.54) is 13.8 Å². The minimum Gasteiger partial charge on any atom is -0.875 e. The fraction of sp³-hybridized carbons (Fsp3) is 0.400. The molecule has 0 aliphatic rings. The standard InChI is InChI=1S/C5H8O2.Na/c1-4(3-6)5(2)7;/h3,7H,1-2H3;/q;+1/p-1/b5-4-;. The zero-order chi connectivity index (χ0) is 5.86. The van der Waals surface area contributed by atoms with Crippen LogP contribution in [0, 0.1) is 0 Å². The average molecular weight is 122 g/mol. The number of aldehydes is 1. The van der Waals surface area contributed by atoms with Crippen LogP contribution >= 0.6 is 0 Å². The van der Waals surface area contributed by atoms with Gasteiger partial charge < -0.3 is 5.11 Å². The smallest absolute Gasteiger partial charge is 0.875 e. The number of rotatable bonds is 1. The second kappa shape index (κ2) is 5.35. The number of hydrogen-bond donors (Lipinski definition) is 0. The van der Waals surface area contributed by atoms with Crippen LogP contribution in [0.1, 0.15) is 13.8 Å². The van der Waals surface area contributed by atoms with Crippen LogP contribution in [0.15, 0.2) is 11.3 Å². The first-order valence-corrected chi connectivity index (χ1v) is 1.98. The summed E-state index contributed by atoms with van der Waals surface area (Å²) < 4.78 is 0. The molecule has 0 radical (unpaired) electrons. The maximum Gasteiger partial charge on any atom is 1.00 e. The summed E-state index contributed by atoms with van der Waals surface area (Å²) in [5, 5.41) is 10.1. The van der Waals surface area contributed by atoms with Crippen LogP contribution in [0.4, 0.5) is 0 Å². The maximum absolute atomic E-state index is 10.1. The Morgan fingerprint density at radius 2 is 1.88 bits per heavy atom. The zero-order valence-electron chi connectivity index (χ0n) is 5.39. The Bertz CT molecular complexity index is 103. The predicted octanol–water partition coefficient (Wildman–Crippen LogP) is -3.16. The summed E-state index contributed by atoms with van der Waals surface area (Å²) in [5.41, 5.74) is 0.278. The van der Waals surface area contributed by atoms with Crippen molar-refractivity contribution in [2.24, 2.45) is 0 Å². The fourth-order valence-corrected chi connectivity index (χ4v) is 0.0830. The molecule has 0 aromatic carbocycles. The Labute approximate surface area is 70.9 Å². The molecule has 0 spiro atoms. The molecule has 0 fully saturated rings. The van der Waals surface area contributed by atoms with Gasteiger partial charge in [-0.3, -0.25) is 4.79 Å². The van der Waals surface area contributed by atoms with Crippen molar-refractivity contribution in [3.8, 4) is 0 Å². The minimum atomic E-state index is -0.157. The molecule has 0 aliphatic heterocycles. The summed E-state index contributed by atoms with van der Waals surface area (Å²) in [6, 6.07) is 0. The first-order valence-electron chi connectivity index (χ1n) is 1.98. The van der Waals surface area contributed by atoms with Crippen molar-refractivity contribution in [1.82, 2.24) is 0 Å². The van der Waals surface area contributed by atoms with Gasteiger partial charge >= 0.3 is 29.6 Å². The molecule has 0 heterocycles. The predicted molar refractivity (Wildman–Crippen MR) is 24.4 cm³/mol. The summed E-state index contributed by atoms with van der Waals surface area (Å²) in [6.07, 6.45) is 0.558. The molecule has 0 aromatic heterocycles. The van der Waals surface area contributed by atoms with Gasteiger partial charge in [-0.25, -0.2) is 0 Å². The molecular weight excluding hydrogens is 115 g/mol. The van der Waals surface area contributed by atoms with Gasteiger partial charge in [0.25, 0.3) is 0 Å². The summed E-state index contributed by atoms with van der Waals surface area (Å²) in [4.78, 5) is 9.69. The van der Waals surface area contributed by atoms with Crippen molar-refractivity contribution in [3.05, 3.63) is 11.3 Å². The monoisotopic (exact) mass is 122 g/mol. The van der Waals surface area contributed by atoms with Gasteiger partial charge in [0.05, 0.1) is 0 Å². The van der Waals surface area contributed by atoms with E-state index < -0.39 is 0 Å². The molecule has 0 aromatic rings. The Morgan fingerprint density at radius 1 is 1.50 bits per heavy atom. The topological polar surface area (TPSA) is 40.1 Å². The van der Waals surface area contributed by atoms with Gasteiger partial charge in [-0.15, -0.1) is 5.76 Å². The van der Waals surface area contributed by atoms with Crippen molar-refractivity contribution >= 4 is 6.29 Å². The van der Waals surface area contributed by atoms with E-state index in [0.717, 1.165) is 0 Å². The molecule has 2 nitrogen and oxygen atoms in total. The van der Waals surface area contributed by atoms with E-state index in [2.05, 4.69) is 0 Å². The largest absolute Gasteiger partial charge is 1.00 e. The summed E-state index contributed by atoms with van der Waals surface area (Å²) in [7, 11) is 0. The molecule has 0 unspecified atom stereocenters. The average Bonchev–Trinajstić information content (AvgIpc) is 1.65. The van der Waals surface area contributed by atoms with Gasteiger partial charge in [0.2, 0.25) is 0 Å². The number of allylic oxidation sites excluding steroid dienone is 2. The van der Waals surface area contributed by atoms with Crippen LogP contribution < -0.4 is 34.7 Å². The van der Waals surface area contributed by atoms with Gasteiger partial charge in [-0.2, -0.15) is 0 Å². The van der Waals surface area contributed by atoms with Gasteiger partial charge in [0.15, 0.2) is 0 Å². The second-order valence-electron chi connectivity index (χ2n) is 1.36. The Morgan fingerprint density at radius 3 is 1.88 bits per heavy atom. The molecule has 40 valence electrons. The Balaban J connectivity index is 0. The number of carbonyl (C=O) groups is 1. The maximum atomic E-state index is 10.1. The molecule has 8 heavy (non-hydrogen) atoms. The second-order valence-corrected chi connectivity index (χ2v) is 1.36. The van der Waals surface area contributed by atoms with E-state index in [9.17, 15) is 9.90 Å². The first-order chi connectivity index (χ1) is 3.18. The Kier molecular flexibility index (Phi) is 7.40. The molecule has 0 aliphatic carbocycles. The van der Waals surface area contributed by atoms with Crippen molar-refractivity contribution in [2.45, 2.75) is 13.8 Å². The van der Waals surface area contributed by atoms with Crippen LogP contribution in [0.25, 0.3) is 0 Å². The summed E-state index contributed by atoms with van der Waals surface area (Å²) in [6.45, 7) is 2.86. The SMILES string of the molecule is C/C([O-])=C(\C)C=O.[Na+]. The summed E-state index contributed by atoms with van der Waals surface area (Å²) >= 11 is 0. The molecular formula is C5H7NaO2. The quantitative estimate of drug-likeness (QED) is 0.159. The Hall–Kier alpha value is 0.210. The van der Waals surface area contributed by atoms with Crippen LogP contribution in [-0.4, -0.2) is 6.29 Å². The van der Waals surface area contributed by atoms with Crippen molar-refractivity contribution < 1.29 is 39.5 Å². The zero-order valence-corrected chi connectivity index (χ0v) is 7.39. The van der Waals surface area contributed by atoms with E-state index in [1.807, 2.05) is 0 Å². The van der Waals surface area contributed by atoms with Gasteiger partial charge in [0, 0.05) is 0 Å². The van der Waals surface area contributed by atoms with Crippen molar-refractivity contribution in [1.29, 1.82) is 0 Å². The van der Waals surface area contributed by atoms with E-state index in [1.54, 1.807) is 0 Å². The van der Waals surface area contributed by atoms with E-state index in [-0.39, 0.29) is 40.9 Å². The summed E-state index contributed by atoms with van der Waals surface area (Å²) in [5.74, 6) is -0.157. The van der Waals surface area contributed by atoms with Crippen molar-refractivity contribution in [2.75, 3.05) is 0 Å². The van der Waals surface area contributed by atoms with Crippen LogP contribution in [-0.2, 0) is 4.79 Å². The van der Waals surface area contributed by atoms with E-state index in [4.69, 9.17) is 0 Å². The molecule has 0 N–H and O–H groups in total. The van der Waals surface area contributed by atoms with Gasteiger partial charge in [-0.1, -0.05) is 6.92 Å². The third kappa shape index (κ3) is 4.37. The first kappa shape index (κ1) is 11.1. The molecule has 3 heteroatoms. The third-order valence-corrected chi connectivity index (χ3v) is 0.732. The molecule has 0 saturated heterocycles. The van der Waals surface area contributed by atoms with E-state index >= 15 is 0 Å². The molecule has 0 bridgehead atoms. The van der Waals surface area contributed by atoms with Crippen LogP contribution in [0.5, 0.6) is 0 Å². The molecule has 0 amide bonds. The van der Waals surface area contributed by atoms with Crippen molar-refractivity contribution in [3.63, 3.8) is 0 Å². The molecule has 0 saturated carbocycles. The van der Waals surface area contributed by atoms with Crippen LogP contribution in [0.3, 0.4) is 0 Å². The molecule has 0 atom stereocenters. The normalized spacial score (nSPS) is 11.2. The number of carbonyl (C=O) groups excluding carboxylic acids is 1. The molecule has 0 rings (SSSR count). The van der Waals surface area contributed by atoms with Crippen LogP contribution in [0.2, 0.25) is 0 Å². The minimum absolute atomic E-state index is 0. The van der Waals surface area contributed by atoms with Gasteiger partial charge in [-0.05, 0) is 12.5 Å². The third-order valence-electron chi connectivity index (χ3n) is 0.732.